The van der Waals surface area contributed by atoms with Gasteiger partial charge in [0.2, 0.25) is 17.0 Å². The Morgan fingerprint density at radius 2 is 2.11 bits per heavy atom. The molecule has 0 saturated heterocycles. The second kappa shape index (κ2) is 5.88. The predicted octanol–water partition coefficient (Wildman–Crippen LogP) is 2.25. The third-order valence-corrected chi connectivity index (χ3v) is 3.62. The van der Waals surface area contributed by atoms with Crippen molar-refractivity contribution < 1.29 is 9.18 Å². The summed E-state index contributed by atoms with van der Waals surface area (Å²) in [7, 11) is 1.58. The molecule has 1 amide bonds. The van der Waals surface area contributed by atoms with Crippen molar-refractivity contribution in [2.45, 2.75) is 25.3 Å². The standard InChI is InChI=1S/C11H13Cl2FN4O/c1-15-10(19)5-3-2-4-6(5)16-9-7(14)8(12)17-11(13)18-9/h5-6H,2-4H2,1H3,(H,15,19)(H,16,17,18)/t5-,6+/m1/s1. The van der Waals surface area contributed by atoms with Crippen LogP contribution in [0.2, 0.25) is 10.4 Å². The molecule has 0 bridgehead atoms. The smallest absolute Gasteiger partial charge is 0.225 e. The maximum atomic E-state index is 13.8. The lowest BCUT2D eigenvalue weighted by molar-refractivity contribution is -0.124. The summed E-state index contributed by atoms with van der Waals surface area (Å²) in [5.41, 5.74) is 0. The molecule has 5 nitrogen and oxygen atoms in total. The molecule has 0 aliphatic heterocycles. The molecule has 104 valence electrons. The fourth-order valence-electron chi connectivity index (χ4n) is 2.30. The van der Waals surface area contributed by atoms with Crippen LogP contribution in [0.15, 0.2) is 0 Å². The van der Waals surface area contributed by atoms with E-state index in [0.717, 1.165) is 19.3 Å². The first-order chi connectivity index (χ1) is 9.02. The number of nitrogens with zero attached hydrogens (tertiary/aromatic N) is 2. The number of hydrogen-bond donors (Lipinski definition) is 2. The highest BCUT2D eigenvalue weighted by Gasteiger charge is 2.33. The summed E-state index contributed by atoms with van der Waals surface area (Å²) in [5.74, 6) is -1.10. The van der Waals surface area contributed by atoms with Crippen LogP contribution in [0, 0.1) is 11.7 Å². The summed E-state index contributed by atoms with van der Waals surface area (Å²) < 4.78 is 13.8. The number of amides is 1. The first kappa shape index (κ1) is 14.3. The third-order valence-electron chi connectivity index (χ3n) is 3.20. The van der Waals surface area contributed by atoms with E-state index in [0.29, 0.717) is 0 Å². The molecule has 2 rings (SSSR count). The summed E-state index contributed by atoms with van der Waals surface area (Å²) >= 11 is 11.2. The number of nitrogens with one attached hydrogen (secondary N) is 2. The zero-order valence-corrected chi connectivity index (χ0v) is 11.7. The molecule has 1 heterocycles. The summed E-state index contributed by atoms with van der Waals surface area (Å²) in [4.78, 5) is 19.0. The van der Waals surface area contributed by atoms with Gasteiger partial charge in [0.25, 0.3) is 0 Å². The molecule has 8 heteroatoms. The summed E-state index contributed by atoms with van der Waals surface area (Å²) in [6.45, 7) is 0. The Kier molecular flexibility index (Phi) is 4.42. The Labute approximate surface area is 119 Å². The fourth-order valence-corrected chi connectivity index (χ4v) is 2.68. The van der Waals surface area contributed by atoms with Crippen LogP contribution in [0.25, 0.3) is 0 Å². The molecular formula is C11H13Cl2FN4O. The lowest BCUT2D eigenvalue weighted by atomic mass is 10.0. The SMILES string of the molecule is CNC(=O)[C@@H]1CCC[C@@H]1Nc1nc(Cl)nc(Cl)c1F. The zero-order valence-electron chi connectivity index (χ0n) is 10.2. The molecule has 0 spiro atoms. The number of hydrogen-bond acceptors (Lipinski definition) is 4. The average molecular weight is 307 g/mol. The van der Waals surface area contributed by atoms with Crippen LogP contribution in [0.1, 0.15) is 19.3 Å². The highest BCUT2D eigenvalue weighted by molar-refractivity contribution is 6.32. The van der Waals surface area contributed by atoms with Crippen LogP contribution in [-0.2, 0) is 4.79 Å². The molecule has 2 atom stereocenters. The number of aromatic nitrogens is 2. The Balaban J connectivity index is 2.19. The molecule has 0 aromatic carbocycles. The molecule has 1 saturated carbocycles. The van der Waals surface area contributed by atoms with Gasteiger partial charge in [0.05, 0.1) is 5.92 Å². The third kappa shape index (κ3) is 3.06. The maximum absolute atomic E-state index is 13.8. The Morgan fingerprint density at radius 3 is 2.79 bits per heavy atom. The number of rotatable bonds is 3. The lowest BCUT2D eigenvalue weighted by Crippen LogP contribution is -2.36. The monoisotopic (exact) mass is 306 g/mol. The summed E-state index contributed by atoms with van der Waals surface area (Å²) in [6.07, 6.45) is 2.41. The molecule has 1 aliphatic rings. The topological polar surface area (TPSA) is 66.9 Å². The van der Waals surface area contributed by atoms with E-state index in [1.807, 2.05) is 0 Å². The summed E-state index contributed by atoms with van der Waals surface area (Å²) in [5, 5.41) is 5.03. The second-order valence-electron chi connectivity index (χ2n) is 4.35. The fraction of sp³-hybridized carbons (Fsp3) is 0.545. The molecular weight excluding hydrogens is 294 g/mol. The first-order valence-electron chi connectivity index (χ1n) is 5.89. The number of halogens is 3. The van der Waals surface area contributed by atoms with E-state index in [1.165, 1.54) is 0 Å². The minimum atomic E-state index is -0.756. The van der Waals surface area contributed by atoms with Gasteiger partial charge in [-0.05, 0) is 24.4 Å². The lowest BCUT2D eigenvalue weighted by Gasteiger charge is -2.20. The highest BCUT2D eigenvalue weighted by Crippen LogP contribution is 2.30. The van der Waals surface area contributed by atoms with Gasteiger partial charge < -0.3 is 10.6 Å². The van der Waals surface area contributed by atoms with Crippen molar-refractivity contribution in [1.29, 1.82) is 0 Å². The van der Waals surface area contributed by atoms with Crippen molar-refractivity contribution in [2.75, 3.05) is 12.4 Å². The van der Waals surface area contributed by atoms with E-state index in [9.17, 15) is 9.18 Å². The van der Waals surface area contributed by atoms with Crippen molar-refractivity contribution in [2.24, 2.45) is 5.92 Å². The molecule has 0 unspecified atom stereocenters. The van der Waals surface area contributed by atoms with Crippen molar-refractivity contribution in [3.05, 3.63) is 16.3 Å². The average Bonchev–Trinajstić information content (AvgIpc) is 2.82. The van der Waals surface area contributed by atoms with Gasteiger partial charge in [-0.1, -0.05) is 18.0 Å². The van der Waals surface area contributed by atoms with E-state index >= 15 is 0 Å². The van der Waals surface area contributed by atoms with Gasteiger partial charge >= 0.3 is 0 Å². The first-order valence-corrected chi connectivity index (χ1v) is 6.65. The molecule has 1 aliphatic carbocycles. The van der Waals surface area contributed by atoms with E-state index < -0.39 is 5.82 Å². The molecule has 1 aromatic rings. The van der Waals surface area contributed by atoms with Gasteiger partial charge in [0.15, 0.2) is 11.0 Å². The molecule has 19 heavy (non-hydrogen) atoms. The normalized spacial score (nSPS) is 22.3. The Hall–Kier alpha value is -1.14. The number of anilines is 1. The van der Waals surface area contributed by atoms with E-state index in [4.69, 9.17) is 23.2 Å². The van der Waals surface area contributed by atoms with Crippen LogP contribution in [0.4, 0.5) is 10.2 Å². The molecule has 1 aromatic heterocycles. The summed E-state index contributed by atoms with van der Waals surface area (Å²) in [6, 6.07) is -0.184. The molecule has 0 radical (unpaired) electrons. The highest BCUT2D eigenvalue weighted by atomic mass is 35.5. The zero-order chi connectivity index (χ0) is 14.0. The van der Waals surface area contributed by atoms with Crippen LogP contribution in [0.3, 0.4) is 0 Å². The van der Waals surface area contributed by atoms with Crippen LogP contribution in [0.5, 0.6) is 0 Å². The van der Waals surface area contributed by atoms with Gasteiger partial charge in [-0.15, -0.1) is 0 Å². The Morgan fingerprint density at radius 1 is 1.37 bits per heavy atom. The maximum Gasteiger partial charge on any atom is 0.225 e. The number of carbonyl (C=O) groups excluding carboxylic acids is 1. The van der Waals surface area contributed by atoms with Gasteiger partial charge in [-0.2, -0.15) is 9.37 Å². The Bertz CT molecular complexity index is 500. The quantitative estimate of drug-likeness (QED) is 0.664. The van der Waals surface area contributed by atoms with E-state index in [2.05, 4.69) is 20.6 Å². The van der Waals surface area contributed by atoms with Crippen molar-refractivity contribution in [3.63, 3.8) is 0 Å². The van der Waals surface area contributed by atoms with Crippen LogP contribution in [-0.4, -0.2) is 29.0 Å². The van der Waals surface area contributed by atoms with Crippen molar-refractivity contribution >= 4 is 34.9 Å². The minimum absolute atomic E-state index is 0.0641. The van der Waals surface area contributed by atoms with E-state index in [1.54, 1.807) is 7.05 Å². The van der Waals surface area contributed by atoms with Crippen LogP contribution >= 0.6 is 23.2 Å². The van der Waals surface area contributed by atoms with Crippen molar-refractivity contribution in [3.8, 4) is 0 Å². The molecule has 1 fully saturated rings. The van der Waals surface area contributed by atoms with E-state index in [-0.39, 0.29) is 34.1 Å². The number of carbonyl (C=O) groups is 1. The van der Waals surface area contributed by atoms with Crippen molar-refractivity contribution in [1.82, 2.24) is 15.3 Å². The molecule has 2 N–H and O–H groups in total. The largest absolute Gasteiger partial charge is 0.364 e. The minimum Gasteiger partial charge on any atom is -0.364 e. The van der Waals surface area contributed by atoms with Gasteiger partial charge in [-0.25, -0.2) is 4.98 Å². The predicted molar refractivity (Wildman–Crippen MR) is 70.8 cm³/mol. The van der Waals surface area contributed by atoms with Crippen LogP contribution < -0.4 is 10.6 Å². The van der Waals surface area contributed by atoms with Gasteiger partial charge in [0, 0.05) is 13.1 Å². The van der Waals surface area contributed by atoms with Gasteiger partial charge in [-0.3, -0.25) is 4.79 Å². The second-order valence-corrected chi connectivity index (χ2v) is 5.04. The van der Waals surface area contributed by atoms with Gasteiger partial charge in [0.1, 0.15) is 0 Å².